The maximum absolute atomic E-state index is 12.4. The first-order valence-electron chi connectivity index (χ1n) is 6.62. The van der Waals surface area contributed by atoms with E-state index in [9.17, 15) is 8.42 Å². The number of hydrogen-bond acceptors (Lipinski definition) is 4. The number of rotatable bonds is 4. The topological polar surface area (TPSA) is 101 Å². The molecule has 0 radical (unpaired) electrons. The van der Waals surface area contributed by atoms with Gasteiger partial charge >= 0.3 is 0 Å². The van der Waals surface area contributed by atoms with Crippen molar-refractivity contribution < 1.29 is 8.42 Å². The number of aromatic amines is 1. The largest absolute Gasteiger partial charge is 0.329 e. The van der Waals surface area contributed by atoms with Crippen molar-refractivity contribution in [2.24, 2.45) is 11.7 Å². The van der Waals surface area contributed by atoms with Crippen molar-refractivity contribution in [3.05, 3.63) is 11.9 Å². The van der Waals surface area contributed by atoms with Gasteiger partial charge in [0.05, 0.1) is 11.9 Å². The van der Waals surface area contributed by atoms with Crippen LogP contribution >= 0.6 is 0 Å². The van der Waals surface area contributed by atoms with Crippen LogP contribution in [0, 0.1) is 12.8 Å². The highest BCUT2D eigenvalue weighted by Crippen LogP contribution is 2.33. The van der Waals surface area contributed by atoms with E-state index < -0.39 is 15.6 Å². The van der Waals surface area contributed by atoms with Crippen LogP contribution in [0.1, 0.15) is 38.3 Å². The SMILES string of the molecule is Cc1[nH]ncc1S(=O)(=O)NC1(CN)CCCC(C)C1. The standard InChI is InChI=1S/C12H22N4O2S/c1-9-4-3-5-12(6-9,8-13)16-19(17,18)11-7-14-15-10(11)2/h7,9,16H,3-6,8,13H2,1-2H3,(H,14,15). The van der Waals surface area contributed by atoms with Crippen molar-refractivity contribution in [2.45, 2.75) is 50.0 Å². The predicted molar refractivity (Wildman–Crippen MR) is 73.1 cm³/mol. The summed E-state index contributed by atoms with van der Waals surface area (Å²) in [5, 5.41) is 6.42. The molecule has 1 fully saturated rings. The van der Waals surface area contributed by atoms with Gasteiger partial charge in [-0.15, -0.1) is 0 Å². The summed E-state index contributed by atoms with van der Waals surface area (Å²) >= 11 is 0. The second-order valence-corrected chi connectivity index (χ2v) is 7.30. The first kappa shape index (κ1) is 14.5. The molecule has 2 unspecified atom stereocenters. The Morgan fingerprint density at radius 3 is 2.89 bits per heavy atom. The number of nitrogens with zero attached hydrogens (tertiary/aromatic N) is 1. The lowest BCUT2D eigenvalue weighted by Crippen LogP contribution is -2.55. The molecule has 0 aliphatic heterocycles. The summed E-state index contributed by atoms with van der Waals surface area (Å²) in [5.41, 5.74) is 5.88. The van der Waals surface area contributed by atoms with Gasteiger partial charge < -0.3 is 5.73 Å². The minimum atomic E-state index is -3.56. The fourth-order valence-corrected chi connectivity index (χ4v) is 4.52. The van der Waals surface area contributed by atoms with Gasteiger partial charge in [0.15, 0.2) is 0 Å². The fourth-order valence-electron chi connectivity index (χ4n) is 2.93. The molecule has 19 heavy (non-hydrogen) atoms. The van der Waals surface area contributed by atoms with E-state index in [-0.39, 0.29) is 4.90 Å². The average Bonchev–Trinajstić information content (AvgIpc) is 2.75. The maximum Gasteiger partial charge on any atom is 0.244 e. The first-order valence-corrected chi connectivity index (χ1v) is 8.11. The highest BCUT2D eigenvalue weighted by molar-refractivity contribution is 7.89. The van der Waals surface area contributed by atoms with Crippen molar-refractivity contribution in [1.29, 1.82) is 0 Å². The van der Waals surface area contributed by atoms with Gasteiger partial charge in [0.1, 0.15) is 4.90 Å². The molecule has 1 aliphatic rings. The lowest BCUT2D eigenvalue weighted by Gasteiger charge is -2.39. The Bertz CT molecular complexity index is 540. The predicted octanol–water partition coefficient (Wildman–Crippen LogP) is 0.904. The summed E-state index contributed by atoms with van der Waals surface area (Å²) in [6, 6.07) is 0. The van der Waals surface area contributed by atoms with Crippen molar-refractivity contribution in [3.8, 4) is 0 Å². The number of hydrogen-bond donors (Lipinski definition) is 3. The average molecular weight is 286 g/mol. The van der Waals surface area contributed by atoms with E-state index in [0.29, 0.717) is 18.2 Å². The highest BCUT2D eigenvalue weighted by atomic mass is 32.2. The highest BCUT2D eigenvalue weighted by Gasteiger charge is 2.38. The van der Waals surface area contributed by atoms with Crippen molar-refractivity contribution in [1.82, 2.24) is 14.9 Å². The van der Waals surface area contributed by atoms with Gasteiger partial charge in [0.25, 0.3) is 0 Å². The number of sulfonamides is 1. The Morgan fingerprint density at radius 2 is 2.37 bits per heavy atom. The number of aromatic nitrogens is 2. The third kappa shape index (κ3) is 2.98. The lowest BCUT2D eigenvalue weighted by atomic mass is 9.77. The molecule has 0 saturated heterocycles. The van der Waals surface area contributed by atoms with Crippen LogP contribution in [0.4, 0.5) is 0 Å². The Hall–Kier alpha value is -0.920. The molecule has 1 heterocycles. The summed E-state index contributed by atoms with van der Waals surface area (Å²) in [6.45, 7) is 4.16. The van der Waals surface area contributed by atoms with E-state index in [4.69, 9.17) is 5.73 Å². The molecule has 1 aromatic rings. The normalized spacial score (nSPS) is 28.5. The van der Waals surface area contributed by atoms with Crippen LogP contribution in [-0.4, -0.2) is 30.7 Å². The minimum Gasteiger partial charge on any atom is -0.329 e. The van der Waals surface area contributed by atoms with Crippen LogP contribution in [0.15, 0.2) is 11.1 Å². The van der Waals surface area contributed by atoms with E-state index in [1.54, 1.807) is 6.92 Å². The number of nitrogens with one attached hydrogen (secondary N) is 2. The van der Waals surface area contributed by atoms with Gasteiger partial charge in [-0.25, -0.2) is 13.1 Å². The number of aryl methyl sites for hydroxylation is 1. The van der Waals surface area contributed by atoms with Crippen LogP contribution in [0.3, 0.4) is 0 Å². The molecule has 0 spiro atoms. The second-order valence-electron chi connectivity index (χ2n) is 5.65. The summed E-state index contributed by atoms with van der Waals surface area (Å²) in [6.07, 6.45) is 5.07. The van der Waals surface area contributed by atoms with Crippen LogP contribution < -0.4 is 10.5 Å². The number of H-pyrrole nitrogens is 1. The third-order valence-electron chi connectivity index (χ3n) is 3.91. The Kier molecular flexibility index (Phi) is 3.98. The van der Waals surface area contributed by atoms with E-state index in [0.717, 1.165) is 25.7 Å². The van der Waals surface area contributed by atoms with Gasteiger partial charge in [-0.3, -0.25) is 5.10 Å². The van der Waals surface area contributed by atoms with Crippen molar-refractivity contribution >= 4 is 10.0 Å². The van der Waals surface area contributed by atoms with Gasteiger partial charge in [-0.05, 0) is 25.7 Å². The molecule has 0 aromatic carbocycles. The van der Waals surface area contributed by atoms with Gasteiger partial charge in [0, 0.05) is 12.1 Å². The van der Waals surface area contributed by atoms with Crippen LogP contribution in [-0.2, 0) is 10.0 Å². The third-order valence-corrected chi connectivity index (χ3v) is 5.60. The molecule has 1 aliphatic carbocycles. The molecule has 7 heteroatoms. The lowest BCUT2D eigenvalue weighted by molar-refractivity contribution is 0.223. The zero-order valence-electron chi connectivity index (χ0n) is 11.4. The number of nitrogens with two attached hydrogens (primary N) is 1. The summed E-state index contributed by atoms with van der Waals surface area (Å²) in [5.74, 6) is 0.491. The van der Waals surface area contributed by atoms with Crippen molar-refractivity contribution in [3.63, 3.8) is 0 Å². The van der Waals surface area contributed by atoms with Gasteiger partial charge in [0.2, 0.25) is 10.0 Å². The molecule has 6 nitrogen and oxygen atoms in total. The van der Waals surface area contributed by atoms with Crippen LogP contribution in [0.5, 0.6) is 0 Å². The smallest absolute Gasteiger partial charge is 0.244 e. The van der Waals surface area contributed by atoms with Gasteiger partial charge in [-0.1, -0.05) is 19.8 Å². The molecule has 4 N–H and O–H groups in total. The molecule has 1 saturated carbocycles. The molecular formula is C12H22N4O2S. The molecule has 0 bridgehead atoms. The van der Waals surface area contributed by atoms with E-state index >= 15 is 0 Å². The fraction of sp³-hybridized carbons (Fsp3) is 0.750. The molecule has 0 amide bonds. The van der Waals surface area contributed by atoms with Gasteiger partial charge in [-0.2, -0.15) is 5.10 Å². The van der Waals surface area contributed by atoms with Crippen LogP contribution in [0.2, 0.25) is 0 Å². The second kappa shape index (κ2) is 5.22. The monoisotopic (exact) mass is 286 g/mol. The van der Waals surface area contributed by atoms with E-state index in [2.05, 4.69) is 21.8 Å². The Balaban J connectivity index is 2.25. The molecule has 108 valence electrons. The quantitative estimate of drug-likeness (QED) is 0.765. The van der Waals surface area contributed by atoms with Crippen LogP contribution in [0.25, 0.3) is 0 Å². The Morgan fingerprint density at radius 1 is 1.63 bits per heavy atom. The van der Waals surface area contributed by atoms with E-state index in [1.807, 2.05) is 0 Å². The first-order chi connectivity index (χ1) is 8.88. The molecule has 2 rings (SSSR count). The molecule has 1 aromatic heterocycles. The molecular weight excluding hydrogens is 264 g/mol. The van der Waals surface area contributed by atoms with Crippen molar-refractivity contribution in [2.75, 3.05) is 6.54 Å². The summed E-state index contributed by atoms with van der Waals surface area (Å²) < 4.78 is 27.7. The maximum atomic E-state index is 12.4. The summed E-state index contributed by atoms with van der Waals surface area (Å²) in [4.78, 5) is 0.207. The summed E-state index contributed by atoms with van der Waals surface area (Å²) in [7, 11) is -3.56. The zero-order chi connectivity index (χ0) is 14.1. The minimum absolute atomic E-state index is 0.207. The molecule has 2 atom stereocenters. The van der Waals surface area contributed by atoms with E-state index in [1.165, 1.54) is 6.20 Å². The Labute approximate surface area is 114 Å². The zero-order valence-corrected chi connectivity index (χ0v) is 12.3.